The number of anilines is 1. The predicted molar refractivity (Wildman–Crippen MR) is 106 cm³/mol. The van der Waals surface area contributed by atoms with E-state index in [4.69, 9.17) is 0 Å². The van der Waals surface area contributed by atoms with E-state index in [2.05, 4.69) is 21.2 Å². The molecule has 1 fully saturated rings. The van der Waals surface area contributed by atoms with Gasteiger partial charge < -0.3 is 5.32 Å². The lowest BCUT2D eigenvalue weighted by atomic mass is 10.1. The van der Waals surface area contributed by atoms with E-state index < -0.39 is 16.1 Å². The van der Waals surface area contributed by atoms with Crippen LogP contribution in [0.15, 0.2) is 51.8 Å². The van der Waals surface area contributed by atoms with E-state index in [1.807, 2.05) is 32.0 Å². The Kier molecular flexibility index (Phi) is 5.50. The van der Waals surface area contributed by atoms with E-state index in [0.29, 0.717) is 25.1 Å². The molecular formula is C19H21BrN2O3S. The molecule has 1 N–H and O–H groups in total. The highest BCUT2D eigenvalue weighted by molar-refractivity contribution is 9.10. The molecule has 0 saturated carbocycles. The third-order valence-corrected chi connectivity index (χ3v) is 7.02. The van der Waals surface area contributed by atoms with Gasteiger partial charge in [-0.25, -0.2) is 8.42 Å². The average Bonchev–Trinajstić information content (AvgIpc) is 3.08. The number of nitrogens with one attached hydrogen (secondary N) is 1. The van der Waals surface area contributed by atoms with E-state index in [1.165, 1.54) is 4.31 Å². The van der Waals surface area contributed by atoms with Crippen LogP contribution >= 0.6 is 15.9 Å². The monoisotopic (exact) mass is 436 g/mol. The van der Waals surface area contributed by atoms with Crippen molar-refractivity contribution in [3.63, 3.8) is 0 Å². The summed E-state index contributed by atoms with van der Waals surface area (Å²) in [5.74, 6) is -0.282. The molecule has 26 heavy (non-hydrogen) atoms. The van der Waals surface area contributed by atoms with Gasteiger partial charge in [0.2, 0.25) is 15.9 Å². The van der Waals surface area contributed by atoms with Gasteiger partial charge in [-0.2, -0.15) is 4.31 Å². The molecule has 5 nitrogen and oxygen atoms in total. The standard InChI is InChI=1S/C19H21BrN2O3S/c1-13-5-10-17(14(2)12-13)21-19(23)18-4-3-11-22(18)26(24,25)16-8-6-15(20)7-9-16/h5-10,12,18H,3-4,11H2,1-2H3,(H,21,23)/t18-/m0/s1. The molecule has 0 aliphatic carbocycles. The molecule has 0 bridgehead atoms. The zero-order valence-electron chi connectivity index (χ0n) is 14.7. The van der Waals surface area contributed by atoms with Gasteiger partial charge in [-0.05, 0) is 62.6 Å². The minimum absolute atomic E-state index is 0.201. The molecule has 1 aliphatic rings. The minimum Gasteiger partial charge on any atom is -0.324 e. The summed E-state index contributed by atoms with van der Waals surface area (Å²) in [7, 11) is -3.71. The topological polar surface area (TPSA) is 66.5 Å². The van der Waals surface area contributed by atoms with Crippen LogP contribution in [0.3, 0.4) is 0 Å². The highest BCUT2D eigenvalue weighted by Gasteiger charge is 2.39. The first-order valence-corrected chi connectivity index (χ1v) is 10.7. The lowest BCUT2D eigenvalue weighted by Crippen LogP contribution is -2.43. The van der Waals surface area contributed by atoms with Crippen LogP contribution in [-0.2, 0) is 14.8 Å². The molecule has 0 aromatic heterocycles. The zero-order chi connectivity index (χ0) is 18.9. The molecule has 0 unspecified atom stereocenters. The number of sulfonamides is 1. The van der Waals surface area contributed by atoms with Crippen LogP contribution in [0.1, 0.15) is 24.0 Å². The van der Waals surface area contributed by atoms with Crippen molar-refractivity contribution in [2.75, 3.05) is 11.9 Å². The molecule has 1 saturated heterocycles. The summed E-state index contributed by atoms with van der Waals surface area (Å²) in [5.41, 5.74) is 2.79. The molecule has 1 heterocycles. The number of hydrogen-bond donors (Lipinski definition) is 1. The van der Waals surface area contributed by atoms with Crippen LogP contribution in [0.4, 0.5) is 5.69 Å². The predicted octanol–water partition coefficient (Wildman–Crippen LogP) is 3.86. The number of carbonyl (C=O) groups is 1. The van der Waals surface area contributed by atoms with Crippen molar-refractivity contribution in [3.05, 3.63) is 58.1 Å². The Morgan fingerprint density at radius 1 is 1.15 bits per heavy atom. The largest absolute Gasteiger partial charge is 0.324 e. The van der Waals surface area contributed by atoms with Crippen LogP contribution in [0.2, 0.25) is 0 Å². The first kappa shape index (κ1) is 19.1. The number of benzene rings is 2. The molecule has 1 atom stereocenters. The van der Waals surface area contributed by atoms with Crippen molar-refractivity contribution in [2.24, 2.45) is 0 Å². The number of halogens is 1. The summed E-state index contributed by atoms with van der Waals surface area (Å²) >= 11 is 3.31. The van der Waals surface area contributed by atoms with Gasteiger partial charge in [0.25, 0.3) is 0 Å². The van der Waals surface area contributed by atoms with Crippen molar-refractivity contribution in [1.29, 1.82) is 0 Å². The lowest BCUT2D eigenvalue weighted by molar-refractivity contribution is -0.119. The Hall–Kier alpha value is -1.70. The molecular weight excluding hydrogens is 416 g/mol. The Labute approximate surface area is 162 Å². The molecule has 1 aliphatic heterocycles. The van der Waals surface area contributed by atoms with Gasteiger partial charge in [0.05, 0.1) is 4.90 Å². The van der Waals surface area contributed by atoms with Crippen molar-refractivity contribution in [1.82, 2.24) is 4.31 Å². The third kappa shape index (κ3) is 3.84. The number of amides is 1. The fraction of sp³-hybridized carbons (Fsp3) is 0.316. The van der Waals surface area contributed by atoms with Crippen molar-refractivity contribution in [2.45, 2.75) is 37.6 Å². The normalized spacial score (nSPS) is 18.0. The average molecular weight is 437 g/mol. The maximum atomic E-state index is 13.0. The van der Waals surface area contributed by atoms with Crippen LogP contribution in [0.5, 0.6) is 0 Å². The van der Waals surface area contributed by atoms with Gasteiger partial charge >= 0.3 is 0 Å². The highest BCUT2D eigenvalue weighted by atomic mass is 79.9. The maximum Gasteiger partial charge on any atom is 0.243 e. The second-order valence-corrected chi connectivity index (χ2v) is 9.34. The second-order valence-electron chi connectivity index (χ2n) is 6.54. The van der Waals surface area contributed by atoms with Gasteiger partial charge in [0, 0.05) is 16.7 Å². The number of hydrogen-bond acceptors (Lipinski definition) is 3. The van der Waals surface area contributed by atoms with E-state index in [1.54, 1.807) is 24.3 Å². The van der Waals surface area contributed by atoms with Gasteiger partial charge in [0.1, 0.15) is 6.04 Å². The summed E-state index contributed by atoms with van der Waals surface area (Å²) in [6, 6.07) is 11.6. The molecule has 2 aromatic rings. The summed E-state index contributed by atoms with van der Waals surface area (Å²) < 4.78 is 28.0. The Morgan fingerprint density at radius 2 is 1.85 bits per heavy atom. The van der Waals surface area contributed by atoms with Gasteiger partial charge in [-0.15, -0.1) is 0 Å². The van der Waals surface area contributed by atoms with E-state index in [0.717, 1.165) is 15.6 Å². The first-order valence-electron chi connectivity index (χ1n) is 8.44. The molecule has 7 heteroatoms. The molecule has 3 rings (SSSR count). The zero-order valence-corrected chi connectivity index (χ0v) is 17.1. The summed E-state index contributed by atoms with van der Waals surface area (Å²) in [5, 5.41) is 2.89. The van der Waals surface area contributed by atoms with E-state index in [9.17, 15) is 13.2 Å². The van der Waals surface area contributed by atoms with Gasteiger partial charge in [-0.1, -0.05) is 33.6 Å². The first-order chi connectivity index (χ1) is 12.3. The van der Waals surface area contributed by atoms with E-state index in [-0.39, 0.29) is 10.8 Å². The summed E-state index contributed by atoms with van der Waals surface area (Å²) in [6.45, 7) is 4.26. The number of carbonyl (C=O) groups excluding carboxylic acids is 1. The van der Waals surface area contributed by atoms with Gasteiger partial charge in [-0.3, -0.25) is 4.79 Å². The van der Waals surface area contributed by atoms with Crippen molar-refractivity contribution < 1.29 is 13.2 Å². The Balaban J connectivity index is 1.83. The van der Waals surface area contributed by atoms with Crippen LogP contribution in [0, 0.1) is 13.8 Å². The van der Waals surface area contributed by atoms with Crippen LogP contribution < -0.4 is 5.32 Å². The van der Waals surface area contributed by atoms with Crippen LogP contribution in [0.25, 0.3) is 0 Å². The smallest absolute Gasteiger partial charge is 0.243 e. The SMILES string of the molecule is Cc1ccc(NC(=O)[C@@H]2CCCN2S(=O)(=O)c2ccc(Br)cc2)c(C)c1. The summed E-state index contributed by atoms with van der Waals surface area (Å²) in [4.78, 5) is 13.0. The number of aryl methyl sites for hydroxylation is 2. The molecule has 2 aromatic carbocycles. The molecule has 1 amide bonds. The summed E-state index contributed by atoms with van der Waals surface area (Å²) in [6.07, 6.45) is 1.19. The fourth-order valence-electron chi connectivity index (χ4n) is 3.20. The highest BCUT2D eigenvalue weighted by Crippen LogP contribution is 2.28. The Morgan fingerprint density at radius 3 is 2.50 bits per heavy atom. The second kappa shape index (κ2) is 7.50. The maximum absolute atomic E-state index is 13.0. The number of rotatable bonds is 4. The quantitative estimate of drug-likeness (QED) is 0.790. The lowest BCUT2D eigenvalue weighted by Gasteiger charge is -2.24. The van der Waals surface area contributed by atoms with Crippen LogP contribution in [-0.4, -0.2) is 31.2 Å². The minimum atomic E-state index is -3.71. The molecule has 0 spiro atoms. The molecule has 0 radical (unpaired) electrons. The van der Waals surface area contributed by atoms with Gasteiger partial charge in [0.15, 0.2) is 0 Å². The fourth-order valence-corrected chi connectivity index (χ4v) is 5.12. The Bertz CT molecular complexity index is 926. The van der Waals surface area contributed by atoms with Crippen molar-refractivity contribution >= 4 is 37.5 Å². The van der Waals surface area contributed by atoms with Crippen molar-refractivity contribution in [3.8, 4) is 0 Å². The third-order valence-electron chi connectivity index (χ3n) is 4.57. The number of nitrogens with zero attached hydrogens (tertiary/aromatic N) is 1. The molecule has 138 valence electrons. The van der Waals surface area contributed by atoms with E-state index >= 15 is 0 Å².